The number of ether oxygens (including phenoxy) is 3. The number of amides is 3. The molecule has 0 aliphatic heterocycles. The number of hydrogen-bond acceptors (Lipinski definition) is 6. The highest BCUT2D eigenvalue weighted by molar-refractivity contribution is 5.68. The Kier molecular flexibility index (Phi) is 19.3. The third kappa shape index (κ3) is 15.1. The van der Waals surface area contributed by atoms with E-state index in [1.807, 2.05) is 46.4 Å². The van der Waals surface area contributed by atoms with Crippen molar-refractivity contribution in [2.24, 2.45) is 52.3 Å². The fourth-order valence-corrected chi connectivity index (χ4v) is 12.5. The number of nitrogens with one attached hydrogen (secondary N) is 2. The maximum Gasteiger partial charge on any atom is 0.410 e. The monoisotopic (exact) mass is 856 g/mol. The molecule has 0 heterocycles. The lowest BCUT2D eigenvalue weighted by atomic mass is 9.47. The summed E-state index contributed by atoms with van der Waals surface area (Å²) in [6.07, 6.45) is 22.9. The first-order chi connectivity index (χ1) is 28.7. The average Bonchev–Trinajstić information content (AvgIpc) is 3.52. The Morgan fingerprint density at radius 3 is 1.87 bits per heavy atom. The summed E-state index contributed by atoms with van der Waals surface area (Å²) < 4.78 is 17.1. The van der Waals surface area contributed by atoms with Gasteiger partial charge in [0.2, 0.25) is 0 Å². The third-order valence-corrected chi connectivity index (χ3v) is 15.9. The molecule has 0 aromatic carbocycles. The lowest BCUT2D eigenvalue weighted by molar-refractivity contribution is -0.0595. The number of hydrogen-bond donors (Lipinski definition) is 2. The van der Waals surface area contributed by atoms with Gasteiger partial charge in [0, 0.05) is 32.6 Å². The number of rotatable bonds is 21. The van der Waals surface area contributed by atoms with Crippen LogP contribution in [0.3, 0.4) is 0 Å². The normalized spacial score (nSPS) is 28.4. The average molecular weight is 856 g/mol. The van der Waals surface area contributed by atoms with Crippen molar-refractivity contribution < 1.29 is 28.6 Å². The summed E-state index contributed by atoms with van der Waals surface area (Å²) in [4.78, 5) is 39.9. The molecule has 9 nitrogen and oxygen atoms in total. The van der Waals surface area contributed by atoms with Crippen LogP contribution in [0.2, 0.25) is 0 Å². The van der Waals surface area contributed by atoms with Crippen molar-refractivity contribution in [3.05, 3.63) is 11.6 Å². The van der Waals surface area contributed by atoms with Crippen LogP contribution in [-0.4, -0.2) is 66.7 Å². The maximum atomic E-state index is 13.9. The first-order valence-corrected chi connectivity index (χ1v) is 25.3. The van der Waals surface area contributed by atoms with Gasteiger partial charge in [0.05, 0.1) is 0 Å². The van der Waals surface area contributed by atoms with Crippen molar-refractivity contribution in [2.75, 3.05) is 26.2 Å². The van der Waals surface area contributed by atoms with E-state index in [-0.39, 0.29) is 29.8 Å². The van der Waals surface area contributed by atoms with Crippen molar-refractivity contribution >= 4 is 18.3 Å². The van der Waals surface area contributed by atoms with E-state index >= 15 is 0 Å². The SMILES string of the molecule is CCC(CCC(C)[C@H]1CC[C@H]2[C@@H]3CC=C4C[C@@H](OC(=O)N(CCCCCCNC(=O)OC(C)(C)C)CCCCCCNC(=O)OC(C)(C)C)CC[C@]4(C)[C@H]3CC[C@]12C)C(C)C. The zero-order valence-electron chi connectivity index (χ0n) is 41.4. The number of fused-ring (bicyclic) bond motifs is 5. The van der Waals surface area contributed by atoms with Crippen molar-refractivity contribution in [1.29, 1.82) is 0 Å². The molecule has 2 N–H and O–H groups in total. The van der Waals surface area contributed by atoms with E-state index in [4.69, 9.17) is 14.2 Å². The molecule has 4 aliphatic rings. The van der Waals surface area contributed by atoms with Crippen LogP contribution in [0.25, 0.3) is 0 Å². The van der Waals surface area contributed by atoms with Gasteiger partial charge in [0.1, 0.15) is 17.3 Å². The topological polar surface area (TPSA) is 106 Å². The summed E-state index contributed by atoms with van der Waals surface area (Å²) >= 11 is 0. The Morgan fingerprint density at radius 2 is 1.33 bits per heavy atom. The lowest BCUT2D eigenvalue weighted by Crippen LogP contribution is -2.51. The molecule has 61 heavy (non-hydrogen) atoms. The summed E-state index contributed by atoms with van der Waals surface area (Å²) in [5.41, 5.74) is 1.25. The minimum absolute atomic E-state index is 0.0629. The van der Waals surface area contributed by atoms with Gasteiger partial charge < -0.3 is 29.7 Å². The minimum Gasteiger partial charge on any atom is -0.446 e. The molecule has 352 valence electrons. The van der Waals surface area contributed by atoms with Crippen LogP contribution >= 0.6 is 0 Å². The van der Waals surface area contributed by atoms with E-state index < -0.39 is 11.2 Å². The first kappa shape index (κ1) is 51.2. The second-order valence-electron chi connectivity index (χ2n) is 22.9. The van der Waals surface area contributed by atoms with Crippen molar-refractivity contribution in [2.45, 2.75) is 222 Å². The first-order valence-electron chi connectivity index (χ1n) is 25.3. The molecule has 0 spiro atoms. The number of alkyl carbamates (subject to hydrolysis) is 2. The van der Waals surface area contributed by atoms with Crippen molar-refractivity contribution in [3.8, 4) is 0 Å². The molecule has 9 atom stereocenters. The molecule has 0 aromatic rings. The molecule has 4 aliphatic carbocycles. The number of unbranched alkanes of at least 4 members (excludes halogenated alkanes) is 6. The Bertz CT molecular complexity index is 1370. The van der Waals surface area contributed by atoms with Crippen LogP contribution in [0, 0.1) is 52.3 Å². The molecule has 0 bridgehead atoms. The Labute approximate surface area is 373 Å². The van der Waals surface area contributed by atoms with Gasteiger partial charge in [-0.3, -0.25) is 0 Å². The smallest absolute Gasteiger partial charge is 0.410 e. The van der Waals surface area contributed by atoms with Crippen LogP contribution < -0.4 is 10.6 Å². The molecule has 4 rings (SSSR count). The zero-order valence-corrected chi connectivity index (χ0v) is 41.4. The summed E-state index contributed by atoms with van der Waals surface area (Å²) in [6.45, 7) is 28.8. The highest BCUT2D eigenvalue weighted by atomic mass is 16.6. The summed E-state index contributed by atoms with van der Waals surface area (Å²) in [5, 5.41) is 5.71. The van der Waals surface area contributed by atoms with Gasteiger partial charge in [-0.05, 0) is 171 Å². The van der Waals surface area contributed by atoms with Gasteiger partial charge in [0.25, 0.3) is 0 Å². The highest BCUT2D eigenvalue weighted by Gasteiger charge is 2.59. The molecular formula is C52H93N3O6. The van der Waals surface area contributed by atoms with E-state index in [2.05, 4.69) is 58.3 Å². The molecule has 0 aromatic heterocycles. The highest BCUT2D eigenvalue weighted by Crippen LogP contribution is 2.67. The van der Waals surface area contributed by atoms with E-state index in [9.17, 15) is 14.4 Å². The zero-order chi connectivity index (χ0) is 45.0. The fourth-order valence-electron chi connectivity index (χ4n) is 12.5. The van der Waals surface area contributed by atoms with Gasteiger partial charge in [-0.1, -0.05) is 91.7 Å². The van der Waals surface area contributed by atoms with E-state index in [1.165, 1.54) is 51.4 Å². The van der Waals surface area contributed by atoms with Crippen LogP contribution in [0.1, 0.15) is 205 Å². The second-order valence-corrected chi connectivity index (χ2v) is 22.9. The minimum atomic E-state index is -0.505. The predicted molar refractivity (Wildman–Crippen MR) is 249 cm³/mol. The Morgan fingerprint density at radius 1 is 0.754 bits per heavy atom. The molecule has 9 heteroatoms. The molecule has 2 unspecified atom stereocenters. The number of carbonyl (C=O) groups is 3. The third-order valence-electron chi connectivity index (χ3n) is 15.9. The number of carbonyl (C=O) groups excluding carboxylic acids is 3. The Hall–Kier alpha value is -2.45. The van der Waals surface area contributed by atoms with E-state index in [0.29, 0.717) is 31.6 Å². The van der Waals surface area contributed by atoms with Gasteiger partial charge in [-0.25, -0.2) is 14.4 Å². The van der Waals surface area contributed by atoms with Crippen LogP contribution in [-0.2, 0) is 14.2 Å². The predicted octanol–water partition coefficient (Wildman–Crippen LogP) is 13.6. The van der Waals surface area contributed by atoms with E-state index in [1.54, 1.807) is 5.57 Å². The van der Waals surface area contributed by atoms with Crippen LogP contribution in [0.15, 0.2) is 11.6 Å². The summed E-state index contributed by atoms with van der Waals surface area (Å²) in [7, 11) is 0. The van der Waals surface area contributed by atoms with Gasteiger partial charge >= 0.3 is 18.3 Å². The van der Waals surface area contributed by atoms with Crippen molar-refractivity contribution in [1.82, 2.24) is 15.5 Å². The number of allylic oxidation sites excluding steroid dienone is 1. The lowest BCUT2D eigenvalue weighted by Gasteiger charge is -2.58. The second kappa shape index (κ2) is 22.9. The fraction of sp³-hybridized carbons (Fsp3) is 0.904. The van der Waals surface area contributed by atoms with Gasteiger partial charge in [-0.2, -0.15) is 0 Å². The van der Waals surface area contributed by atoms with Crippen LogP contribution in [0.4, 0.5) is 14.4 Å². The maximum absolute atomic E-state index is 13.9. The molecule has 3 saturated carbocycles. The van der Waals surface area contributed by atoms with Gasteiger partial charge in [0.15, 0.2) is 0 Å². The summed E-state index contributed by atoms with van der Waals surface area (Å²) in [5.74, 6) is 5.70. The van der Waals surface area contributed by atoms with Crippen molar-refractivity contribution in [3.63, 3.8) is 0 Å². The Balaban J connectivity index is 1.29. The quantitative estimate of drug-likeness (QED) is 0.0677. The van der Waals surface area contributed by atoms with Gasteiger partial charge in [-0.15, -0.1) is 0 Å². The molecule has 0 saturated heterocycles. The molecule has 0 radical (unpaired) electrons. The standard InChI is InChI=1S/C52H93N3O6/c1-13-39(37(2)3)23-22-38(4)43-26-27-44-42-25-24-40-36-41(28-30-51(40,11)45(42)29-31-52(43,44)12)59-48(58)55(34-20-16-14-18-32-53-46(56)60-49(5,6)7)35-21-17-15-19-33-54-47(57)61-50(8,9)10/h24,37-39,41-45H,13-23,25-36H2,1-12H3,(H,53,56)(H,54,57)/t38?,39?,41-,42-,43+,44-,45-,51-,52+/m0/s1. The molecule has 3 amide bonds. The largest absolute Gasteiger partial charge is 0.446 e. The van der Waals surface area contributed by atoms with Crippen LogP contribution in [0.5, 0.6) is 0 Å². The van der Waals surface area contributed by atoms with E-state index in [0.717, 1.165) is 112 Å². The molecular weight excluding hydrogens is 763 g/mol. The summed E-state index contributed by atoms with van der Waals surface area (Å²) in [6, 6.07) is 0. The molecule has 3 fully saturated rings. The number of nitrogens with zero attached hydrogens (tertiary/aromatic N) is 1.